The first-order chi connectivity index (χ1) is 7.66. The van der Waals surface area contributed by atoms with E-state index in [1.54, 1.807) is 11.3 Å². The third kappa shape index (κ3) is 2.84. The van der Waals surface area contributed by atoms with Crippen LogP contribution in [0.5, 0.6) is 0 Å². The molecule has 1 fully saturated rings. The normalized spacial score (nSPS) is 27.5. The minimum absolute atomic E-state index is 0.619. The van der Waals surface area contributed by atoms with Crippen molar-refractivity contribution in [3.05, 3.63) is 22.4 Å². The van der Waals surface area contributed by atoms with Crippen LogP contribution in [0.25, 0.3) is 0 Å². The van der Waals surface area contributed by atoms with Gasteiger partial charge in [0.25, 0.3) is 0 Å². The fourth-order valence-corrected chi connectivity index (χ4v) is 3.12. The molecular weight excluding hydrogens is 216 g/mol. The van der Waals surface area contributed by atoms with Crippen LogP contribution in [0, 0.1) is 5.92 Å². The minimum Gasteiger partial charge on any atom is -0.311 e. The highest BCUT2D eigenvalue weighted by Crippen LogP contribution is 2.19. The molecule has 3 heteroatoms. The van der Waals surface area contributed by atoms with E-state index in [0.717, 1.165) is 19.0 Å². The molecule has 2 heterocycles. The van der Waals surface area contributed by atoms with E-state index in [1.165, 1.54) is 12.1 Å². The van der Waals surface area contributed by atoms with E-state index in [0.29, 0.717) is 12.1 Å². The second-order valence-corrected chi connectivity index (χ2v) is 5.96. The summed E-state index contributed by atoms with van der Waals surface area (Å²) in [5.41, 5.74) is 1.46. The van der Waals surface area contributed by atoms with Gasteiger partial charge in [-0.25, -0.2) is 0 Å². The van der Waals surface area contributed by atoms with E-state index in [1.807, 2.05) is 0 Å². The van der Waals surface area contributed by atoms with Crippen LogP contribution in [0.3, 0.4) is 0 Å². The van der Waals surface area contributed by atoms with Crippen molar-refractivity contribution in [1.29, 1.82) is 0 Å². The van der Waals surface area contributed by atoms with E-state index in [9.17, 15) is 0 Å². The molecule has 1 aromatic rings. The van der Waals surface area contributed by atoms with Gasteiger partial charge in [0.1, 0.15) is 0 Å². The van der Waals surface area contributed by atoms with Crippen LogP contribution in [-0.4, -0.2) is 30.1 Å². The first-order valence-corrected chi connectivity index (χ1v) is 7.09. The van der Waals surface area contributed by atoms with E-state index < -0.39 is 0 Å². The summed E-state index contributed by atoms with van der Waals surface area (Å²) < 4.78 is 0. The van der Waals surface area contributed by atoms with Crippen LogP contribution in [0.4, 0.5) is 0 Å². The van der Waals surface area contributed by atoms with Crippen molar-refractivity contribution in [2.45, 2.75) is 39.4 Å². The molecule has 1 aliphatic heterocycles. The molecule has 0 aromatic carbocycles. The van der Waals surface area contributed by atoms with Gasteiger partial charge in [0.15, 0.2) is 0 Å². The number of nitrogens with one attached hydrogen (secondary N) is 1. The Balaban J connectivity index is 2.02. The van der Waals surface area contributed by atoms with Gasteiger partial charge in [0, 0.05) is 31.7 Å². The van der Waals surface area contributed by atoms with Gasteiger partial charge < -0.3 is 5.32 Å². The first kappa shape index (κ1) is 12.1. The molecular formula is C13H22N2S. The lowest BCUT2D eigenvalue weighted by Gasteiger charge is -2.41. The predicted octanol–water partition coefficient (Wildman–Crippen LogP) is 2.57. The van der Waals surface area contributed by atoms with Crippen molar-refractivity contribution in [1.82, 2.24) is 10.2 Å². The molecule has 0 aliphatic carbocycles. The number of piperazine rings is 1. The smallest absolute Gasteiger partial charge is 0.0247 e. The quantitative estimate of drug-likeness (QED) is 0.870. The average molecular weight is 238 g/mol. The zero-order valence-electron chi connectivity index (χ0n) is 10.4. The molecule has 0 amide bonds. The summed E-state index contributed by atoms with van der Waals surface area (Å²) in [4.78, 5) is 2.63. The third-order valence-corrected chi connectivity index (χ3v) is 4.12. The topological polar surface area (TPSA) is 15.3 Å². The van der Waals surface area contributed by atoms with Crippen LogP contribution in [0.2, 0.25) is 0 Å². The number of thiophene rings is 1. The van der Waals surface area contributed by atoms with Gasteiger partial charge in [0.05, 0.1) is 0 Å². The lowest BCUT2D eigenvalue weighted by Crippen LogP contribution is -2.56. The molecule has 2 atom stereocenters. The Morgan fingerprint density at radius 2 is 2.38 bits per heavy atom. The number of rotatable bonds is 3. The molecule has 2 unspecified atom stereocenters. The van der Waals surface area contributed by atoms with Gasteiger partial charge in [-0.2, -0.15) is 11.3 Å². The van der Waals surface area contributed by atoms with Crippen molar-refractivity contribution in [3.8, 4) is 0 Å². The summed E-state index contributed by atoms with van der Waals surface area (Å²) in [6.07, 6.45) is 0. The van der Waals surface area contributed by atoms with Crippen LogP contribution in [-0.2, 0) is 6.54 Å². The Hall–Kier alpha value is -0.380. The van der Waals surface area contributed by atoms with Crippen molar-refractivity contribution in [2.24, 2.45) is 5.92 Å². The Morgan fingerprint density at radius 3 is 3.00 bits per heavy atom. The zero-order valence-corrected chi connectivity index (χ0v) is 11.3. The molecule has 0 bridgehead atoms. The monoisotopic (exact) mass is 238 g/mol. The summed E-state index contributed by atoms with van der Waals surface area (Å²) in [5.74, 6) is 0.721. The number of hydrogen-bond donors (Lipinski definition) is 1. The maximum Gasteiger partial charge on any atom is 0.0247 e. The molecule has 2 nitrogen and oxygen atoms in total. The summed E-state index contributed by atoms with van der Waals surface area (Å²) in [6.45, 7) is 10.3. The highest BCUT2D eigenvalue weighted by Gasteiger charge is 2.27. The zero-order chi connectivity index (χ0) is 11.5. The molecule has 1 aliphatic rings. The Bertz CT molecular complexity index is 308. The molecule has 90 valence electrons. The van der Waals surface area contributed by atoms with E-state index >= 15 is 0 Å². The Kier molecular flexibility index (Phi) is 4.00. The predicted molar refractivity (Wildman–Crippen MR) is 70.8 cm³/mol. The SMILES string of the molecule is CC1CN(Cc2ccsc2)C(C(C)C)CN1. The second kappa shape index (κ2) is 5.30. The fourth-order valence-electron chi connectivity index (χ4n) is 2.46. The number of nitrogens with zero attached hydrogens (tertiary/aromatic N) is 1. The largest absolute Gasteiger partial charge is 0.311 e. The Morgan fingerprint density at radius 1 is 1.56 bits per heavy atom. The van der Waals surface area contributed by atoms with Gasteiger partial charge in [-0.05, 0) is 35.2 Å². The van der Waals surface area contributed by atoms with Gasteiger partial charge >= 0.3 is 0 Å². The number of hydrogen-bond acceptors (Lipinski definition) is 3. The highest BCUT2D eigenvalue weighted by atomic mass is 32.1. The molecule has 16 heavy (non-hydrogen) atoms. The summed E-state index contributed by atoms with van der Waals surface area (Å²) in [6, 6.07) is 3.54. The molecule has 0 spiro atoms. The average Bonchev–Trinajstić information content (AvgIpc) is 2.70. The summed E-state index contributed by atoms with van der Waals surface area (Å²) >= 11 is 1.80. The lowest BCUT2D eigenvalue weighted by molar-refractivity contribution is 0.0957. The second-order valence-electron chi connectivity index (χ2n) is 5.18. The molecule has 1 aromatic heterocycles. The third-order valence-electron chi connectivity index (χ3n) is 3.39. The molecule has 2 rings (SSSR count). The van der Waals surface area contributed by atoms with E-state index in [4.69, 9.17) is 0 Å². The van der Waals surface area contributed by atoms with E-state index in [2.05, 4.69) is 47.8 Å². The molecule has 0 saturated carbocycles. The van der Waals surface area contributed by atoms with Crippen LogP contribution in [0.1, 0.15) is 26.3 Å². The molecule has 1 N–H and O–H groups in total. The van der Waals surface area contributed by atoms with Crippen molar-refractivity contribution >= 4 is 11.3 Å². The van der Waals surface area contributed by atoms with Crippen LogP contribution in [0.15, 0.2) is 16.8 Å². The molecule has 1 saturated heterocycles. The standard InChI is InChI=1S/C13H22N2S/c1-10(2)13-6-14-11(3)7-15(13)8-12-4-5-16-9-12/h4-5,9-11,13-14H,6-8H2,1-3H3. The Labute approximate surface area is 103 Å². The lowest BCUT2D eigenvalue weighted by atomic mass is 9.98. The van der Waals surface area contributed by atoms with Crippen LogP contribution < -0.4 is 5.32 Å². The van der Waals surface area contributed by atoms with Crippen molar-refractivity contribution in [2.75, 3.05) is 13.1 Å². The van der Waals surface area contributed by atoms with Crippen molar-refractivity contribution in [3.63, 3.8) is 0 Å². The van der Waals surface area contributed by atoms with E-state index in [-0.39, 0.29) is 0 Å². The minimum atomic E-state index is 0.619. The fraction of sp³-hybridized carbons (Fsp3) is 0.692. The first-order valence-electron chi connectivity index (χ1n) is 6.15. The molecule has 0 radical (unpaired) electrons. The maximum absolute atomic E-state index is 3.58. The van der Waals surface area contributed by atoms with Gasteiger partial charge in [-0.3, -0.25) is 4.90 Å². The maximum atomic E-state index is 3.58. The summed E-state index contributed by atoms with van der Waals surface area (Å²) in [7, 11) is 0. The van der Waals surface area contributed by atoms with Crippen LogP contribution >= 0.6 is 11.3 Å². The van der Waals surface area contributed by atoms with Gasteiger partial charge in [-0.1, -0.05) is 13.8 Å². The van der Waals surface area contributed by atoms with Gasteiger partial charge in [0.2, 0.25) is 0 Å². The van der Waals surface area contributed by atoms with Crippen molar-refractivity contribution < 1.29 is 0 Å². The summed E-state index contributed by atoms with van der Waals surface area (Å²) in [5, 5.41) is 8.02. The highest BCUT2D eigenvalue weighted by molar-refractivity contribution is 7.07. The van der Waals surface area contributed by atoms with Gasteiger partial charge in [-0.15, -0.1) is 0 Å².